The quantitative estimate of drug-likeness (QED) is 0.860. The van der Waals surface area contributed by atoms with Crippen LogP contribution in [0.3, 0.4) is 0 Å². The number of hydrogen-bond donors (Lipinski definition) is 1. The van der Waals surface area contributed by atoms with Gasteiger partial charge in [-0.05, 0) is 46.1 Å². The van der Waals surface area contributed by atoms with Crippen molar-refractivity contribution in [2.45, 2.75) is 32.4 Å². The van der Waals surface area contributed by atoms with Gasteiger partial charge in [-0.1, -0.05) is 26.0 Å². The van der Waals surface area contributed by atoms with Crippen molar-refractivity contribution in [1.82, 2.24) is 10.3 Å². The average molecular weight is 355 g/mol. The summed E-state index contributed by atoms with van der Waals surface area (Å²) in [4.78, 5) is 4.13. The molecule has 0 amide bonds. The Kier molecular flexibility index (Phi) is 5.42. The molecule has 1 aromatic carbocycles. The number of nitrogens with zero attached hydrogens (tertiary/aromatic N) is 1. The van der Waals surface area contributed by atoms with Crippen LogP contribution in [0, 0.1) is 11.6 Å². The van der Waals surface area contributed by atoms with Crippen LogP contribution >= 0.6 is 15.9 Å². The van der Waals surface area contributed by atoms with Crippen molar-refractivity contribution in [2.75, 3.05) is 0 Å². The molecule has 5 heteroatoms. The first-order chi connectivity index (χ1) is 9.97. The van der Waals surface area contributed by atoms with Crippen LogP contribution in [0.15, 0.2) is 41.0 Å². The Morgan fingerprint density at radius 2 is 1.95 bits per heavy atom. The van der Waals surface area contributed by atoms with Crippen LogP contribution in [0.25, 0.3) is 0 Å². The highest BCUT2D eigenvalue weighted by molar-refractivity contribution is 9.10. The van der Waals surface area contributed by atoms with Gasteiger partial charge in [-0.3, -0.25) is 4.98 Å². The SMILES string of the molecule is CC(C)NC(Cc1cccc(F)c1Br)c1ccc(F)cn1. The molecule has 1 heterocycles. The molecule has 0 saturated heterocycles. The lowest BCUT2D eigenvalue weighted by atomic mass is 10.0. The molecule has 1 atom stereocenters. The van der Waals surface area contributed by atoms with E-state index in [1.54, 1.807) is 12.1 Å². The smallest absolute Gasteiger partial charge is 0.141 e. The molecule has 21 heavy (non-hydrogen) atoms. The Labute approximate surface area is 131 Å². The fourth-order valence-corrected chi connectivity index (χ4v) is 2.60. The zero-order valence-electron chi connectivity index (χ0n) is 11.9. The first kappa shape index (κ1) is 16.0. The lowest BCUT2D eigenvalue weighted by Gasteiger charge is -2.21. The van der Waals surface area contributed by atoms with E-state index in [0.717, 1.165) is 11.3 Å². The molecule has 0 aliphatic heterocycles. The second kappa shape index (κ2) is 7.09. The molecule has 0 aliphatic carbocycles. The topological polar surface area (TPSA) is 24.9 Å². The van der Waals surface area contributed by atoms with Gasteiger partial charge in [0.25, 0.3) is 0 Å². The number of rotatable bonds is 5. The molecule has 0 aliphatic rings. The van der Waals surface area contributed by atoms with Crippen LogP contribution in [0.4, 0.5) is 8.78 Å². The van der Waals surface area contributed by atoms with Crippen molar-refractivity contribution in [3.8, 4) is 0 Å². The molecular formula is C16H17BrF2N2. The number of pyridine rings is 1. The minimum atomic E-state index is -0.367. The van der Waals surface area contributed by atoms with E-state index in [2.05, 4.69) is 26.2 Å². The van der Waals surface area contributed by atoms with Gasteiger partial charge in [0, 0.05) is 6.04 Å². The second-order valence-corrected chi connectivity index (χ2v) is 5.99. The summed E-state index contributed by atoms with van der Waals surface area (Å²) in [5.74, 6) is -0.656. The van der Waals surface area contributed by atoms with Gasteiger partial charge in [0.2, 0.25) is 0 Å². The molecule has 1 N–H and O–H groups in total. The maximum atomic E-state index is 13.6. The standard InChI is InChI=1S/C16H17BrF2N2/c1-10(2)21-15(14-7-6-12(18)9-20-14)8-11-4-3-5-13(19)16(11)17/h3-7,9-10,15,21H,8H2,1-2H3. The van der Waals surface area contributed by atoms with Crippen LogP contribution in [0.5, 0.6) is 0 Å². The summed E-state index contributed by atoms with van der Waals surface area (Å²) in [6, 6.07) is 8.12. The zero-order chi connectivity index (χ0) is 15.4. The minimum Gasteiger partial charge on any atom is -0.306 e. The van der Waals surface area contributed by atoms with Crippen molar-refractivity contribution in [3.05, 3.63) is 63.9 Å². The van der Waals surface area contributed by atoms with Crippen LogP contribution in [-0.2, 0) is 6.42 Å². The maximum absolute atomic E-state index is 13.6. The van der Waals surface area contributed by atoms with Gasteiger partial charge in [-0.2, -0.15) is 0 Å². The van der Waals surface area contributed by atoms with E-state index in [0.29, 0.717) is 10.9 Å². The molecule has 0 bridgehead atoms. The summed E-state index contributed by atoms with van der Waals surface area (Å²) < 4.78 is 27.1. The third-order valence-electron chi connectivity index (χ3n) is 3.10. The van der Waals surface area contributed by atoms with E-state index in [1.807, 2.05) is 19.9 Å². The first-order valence-corrected chi connectivity index (χ1v) is 7.57. The van der Waals surface area contributed by atoms with Gasteiger partial charge in [0.15, 0.2) is 0 Å². The number of nitrogens with one attached hydrogen (secondary N) is 1. The highest BCUT2D eigenvalue weighted by Gasteiger charge is 2.17. The van der Waals surface area contributed by atoms with Crippen molar-refractivity contribution in [2.24, 2.45) is 0 Å². The Hall–Kier alpha value is -1.33. The molecule has 1 unspecified atom stereocenters. The third kappa shape index (κ3) is 4.32. The van der Waals surface area contributed by atoms with E-state index in [-0.39, 0.29) is 23.7 Å². The van der Waals surface area contributed by atoms with Gasteiger partial charge >= 0.3 is 0 Å². The van der Waals surface area contributed by atoms with Gasteiger partial charge in [-0.25, -0.2) is 8.78 Å². The second-order valence-electron chi connectivity index (χ2n) is 5.19. The fraction of sp³-hybridized carbons (Fsp3) is 0.312. The molecule has 0 spiro atoms. The summed E-state index contributed by atoms with van der Waals surface area (Å²) in [5.41, 5.74) is 1.58. The van der Waals surface area contributed by atoms with E-state index in [1.165, 1.54) is 18.3 Å². The monoisotopic (exact) mass is 354 g/mol. The minimum absolute atomic E-state index is 0.108. The van der Waals surface area contributed by atoms with Gasteiger partial charge in [-0.15, -0.1) is 0 Å². The van der Waals surface area contributed by atoms with E-state index in [9.17, 15) is 8.78 Å². The summed E-state index contributed by atoms with van der Waals surface area (Å²) in [6.07, 6.45) is 1.76. The summed E-state index contributed by atoms with van der Waals surface area (Å²) in [5, 5.41) is 3.38. The Morgan fingerprint density at radius 3 is 2.57 bits per heavy atom. The number of benzene rings is 1. The molecule has 112 valence electrons. The third-order valence-corrected chi connectivity index (χ3v) is 3.99. The van der Waals surface area contributed by atoms with Crippen LogP contribution in [0.1, 0.15) is 31.1 Å². The van der Waals surface area contributed by atoms with E-state index < -0.39 is 0 Å². The predicted octanol–water partition coefficient (Wildman–Crippen LogP) is 4.40. The van der Waals surface area contributed by atoms with E-state index in [4.69, 9.17) is 0 Å². The molecule has 2 nitrogen and oxygen atoms in total. The molecular weight excluding hydrogens is 338 g/mol. The fourth-order valence-electron chi connectivity index (χ4n) is 2.17. The number of hydrogen-bond acceptors (Lipinski definition) is 2. The number of halogens is 3. The molecule has 0 radical (unpaired) electrons. The Morgan fingerprint density at radius 1 is 1.19 bits per heavy atom. The summed E-state index contributed by atoms with van der Waals surface area (Å²) >= 11 is 3.28. The van der Waals surface area contributed by atoms with Gasteiger partial charge in [0.1, 0.15) is 11.6 Å². The Bertz CT molecular complexity index is 600. The molecule has 2 aromatic rings. The zero-order valence-corrected chi connectivity index (χ0v) is 13.5. The van der Waals surface area contributed by atoms with Crippen molar-refractivity contribution >= 4 is 15.9 Å². The van der Waals surface area contributed by atoms with Crippen molar-refractivity contribution in [1.29, 1.82) is 0 Å². The first-order valence-electron chi connectivity index (χ1n) is 6.77. The molecule has 2 rings (SSSR count). The summed E-state index contributed by atoms with van der Waals surface area (Å²) in [7, 11) is 0. The molecule has 1 aromatic heterocycles. The Balaban J connectivity index is 2.28. The van der Waals surface area contributed by atoms with Gasteiger partial charge in [0.05, 0.1) is 22.4 Å². The maximum Gasteiger partial charge on any atom is 0.141 e. The van der Waals surface area contributed by atoms with Crippen LogP contribution in [-0.4, -0.2) is 11.0 Å². The highest BCUT2D eigenvalue weighted by atomic mass is 79.9. The van der Waals surface area contributed by atoms with Crippen molar-refractivity contribution in [3.63, 3.8) is 0 Å². The lowest BCUT2D eigenvalue weighted by Crippen LogP contribution is -2.30. The largest absolute Gasteiger partial charge is 0.306 e. The molecule has 0 fully saturated rings. The van der Waals surface area contributed by atoms with Gasteiger partial charge < -0.3 is 5.32 Å². The number of aromatic nitrogens is 1. The average Bonchev–Trinajstić information content (AvgIpc) is 2.43. The predicted molar refractivity (Wildman–Crippen MR) is 83.0 cm³/mol. The summed E-state index contributed by atoms with van der Waals surface area (Å²) in [6.45, 7) is 4.05. The van der Waals surface area contributed by atoms with Crippen molar-refractivity contribution < 1.29 is 8.78 Å². The lowest BCUT2D eigenvalue weighted by molar-refractivity contribution is 0.463. The molecule has 0 saturated carbocycles. The van der Waals surface area contributed by atoms with Crippen LogP contribution < -0.4 is 5.32 Å². The van der Waals surface area contributed by atoms with Crippen LogP contribution in [0.2, 0.25) is 0 Å². The normalized spacial score (nSPS) is 12.7. The van der Waals surface area contributed by atoms with E-state index >= 15 is 0 Å². The highest BCUT2D eigenvalue weighted by Crippen LogP contribution is 2.25.